The number of rotatable bonds is 15. The van der Waals surface area contributed by atoms with E-state index in [0.29, 0.717) is 37.2 Å². The van der Waals surface area contributed by atoms with Gasteiger partial charge in [-0.2, -0.15) is 0 Å². The number of nitrogens with one attached hydrogen (secondary N) is 1. The van der Waals surface area contributed by atoms with Gasteiger partial charge in [0.05, 0.1) is 22.8 Å². The highest BCUT2D eigenvalue weighted by Crippen LogP contribution is 2.37. The van der Waals surface area contributed by atoms with E-state index in [1.165, 1.54) is 17.2 Å². The summed E-state index contributed by atoms with van der Waals surface area (Å²) in [5.41, 5.74) is 6.62. The predicted octanol–water partition coefficient (Wildman–Crippen LogP) is 8.05. The van der Waals surface area contributed by atoms with Gasteiger partial charge in [0.25, 0.3) is 0 Å². The number of allylic oxidation sites excluding steroid dienone is 8. The molecule has 6 heteroatoms. The van der Waals surface area contributed by atoms with Crippen LogP contribution in [-0.4, -0.2) is 33.5 Å². The SMILES string of the molecule is C\C=C/C(C)=C\C=C\c1nc(/C=C\C)c(/C=C/C(=O)NCC2=C(C(C)(C)CC)CCC=C2)nc1CCCCC(=O)O. The second kappa shape index (κ2) is 17.1. The fraction of sp³-hybridized carbons (Fsp3) is 0.429. The molecule has 1 aromatic heterocycles. The minimum atomic E-state index is -0.802. The van der Waals surface area contributed by atoms with Gasteiger partial charge in [0, 0.05) is 19.0 Å². The van der Waals surface area contributed by atoms with Crippen LogP contribution in [0.25, 0.3) is 18.2 Å². The molecule has 2 rings (SSSR count). The second-order valence-electron chi connectivity index (χ2n) is 10.9. The van der Waals surface area contributed by atoms with Crippen LogP contribution in [0, 0.1) is 5.41 Å². The maximum absolute atomic E-state index is 12.8. The Morgan fingerprint density at radius 2 is 1.78 bits per heavy atom. The molecule has 2 N–H and O–H groups in total. The summed E-state index contributed by atoms with van der Waals surface area (Å²) in [6, 6.07) is 0. The van der Waals surface area contributed by atoms with E-state index in [4.69, 9.17) is 15.1 Å². The summed E-state index contributed by atoms with van der Waals surface area (Å²) in [6.07, 6.45) is 26.3. The van der Waals surface area contributed by atoms with Crippen molar-refractivity contribution in [2.75, 3.05) is 6.54 Å². The van der Waals surface area contributed by atoms with E-state index in [1.807, 2.05) is 63.3 Å². The van der Waals surface area contributed by atoms with E-state index >= 15 is 0 Å². The van der Waals surface area contributed by atoms with Crippen molar-refractivity contribution >= 4 is 30.1 Å². The predicted molar refractivity (Wildman–Crippen MR) is 171 cm³/mol. The molecular formula is C35H47N3O3. The van der Waals surface area contributed by atoms with Gasteiger partial charge in [-0.25, -0.2) is 9.97 Å². The first-order valence-corrected chi connectivity index (χ1v) is 14.7. The molecule has 0 saturated carbocycles. The number of carboxylic acid groups (broad SMARTS) is 1. The highest BCUT2D eigenvalue weighted by Gasteiger charge is 2.24. The minimum Gasteiger partial charge on any atom is -0.481 e. The van der Waals surface area contributed by atoms with Crippen molar-refractivity contribution in [3.05, 3.63) is 88.1 Å². The zero-order valence-electron chi connectivity index (χ0n) is 25.7. The van der Waals surface area contributed by atoms with Crippen LogP contribution in [0.4, 0.5) is 0 Å². The number of carboxylic acids is 1. The van der Waals surface area contributed by atoms with Crippen LogP contribution in [0.3, 0.4) is 0 Å². The van der Waals surface area contributed by atoms with Crippen molar-refractivity contribution in [2.24, 2.45) is 5.41 Å². The number of aliphatic carboxylic acids is 1. The Morgan fingerprint density at radius 3 is 2.46 bits per heavy atom. The largest absolute Gasteiger partial charge is 0.481 e. The molecule has 41 heavy (non-hydrogen) atoms. The zero-order chi connectivity index (χ0) is 30.3. The van der Waals surface area contributed by atoms with Crippen LogP contribution in [0.1, 0.15) is 103 Å². The Kier molecular flexibility index (Phi) is 13.9. The fourth-order valence-corrected chi connectivity index (χ4v) is 4.67. The average molecular weight is 558 g/mol. The second-order valence-corrected chi connectivity index (χ2v) is 10.9. The third-order valence-electron chi connectivity index (χ3n) is 7.29. The monoisotopic (exact) mass is 557 g/mol. The van der Waals surface area contributed by atoms with Crippen molar-refractivity contribution in [2.45, 2.75) is 86.5 Å². The number of carbonyl (C=O) groups excluding carboxylic acids is 1. The Balaban J connectivity index is 2.32. The van der Waals surface area contributed by atoms with Crippen LogP contribution in [0.2, 0.25) is 0 Å². The lowest BCUT2D eigenvalue weighted by Crippen LogP contribution is -2.26. The molecule has 1 amide bonds. The number of hydrogen-bond acceptors (Lipinski definition) is 4. The van der Waals surface area contributed by atoms with Crippen molar-refractivity contribution in [1.29, 1.82) is 0 Å². The molecule has 0 fully saturated rings. The quantitative estimate of drug-likeness (QED) is 0.129. The van der Waals surface area contributed by atoms with Crippen LogP contribution in [0.5, 0.6) is 0 Å². The molecule has 0 unspecified atom stereocenters. The van der Waals surface area contributed by atoms with Gasteiger partial charge in [-0.15, -0.1) is 0 Å². The molecule has 0 radical (unpaired) electrons. The first-order valence-electron chi connectivity index (χ1n) is 14.7. The summed E-state index contributed by atoms with van der Waals surface area (Å²) < 4.78 is 0. The van der Waals surface area contributed by atoms with Crippen molar-refractivity contribution in [3.63, 3.8) is 0 Å². The standard InChI is InChI=1S/C35H47N3O3/c1-7-15-26(4)17-14-21-31-30(20-12-13-22-34(40)41)38-32(29(37-31)16-8-2)23-24-33(39)36-25-27-18-10-11-19-28(27)35(5,6)9-3/h7-8,10,14-18,21,23-24H,9,11-13,19-20,22,25H2,1-6H3,(H,36,39)(H,40,41)/b15-7-,16-8-,21-14+,24-23+,26-17-. The fourth-order valence-electron chi connectivity index (χ4n) is 4.67. The molecule has 220 valence electrons. The summed E-state index contributed by atoms with van der Waals surface area (Å²) in [5, 5.41) is 12.1. The number of aryl methyl sites for hydroxylation is 1. The van der Waals surface area contributed by atoms with Gasteiger partial charge in [-0.3, -0.25) is 9.59 Å². The van der Waals surface area contributed by atoms with Crippen molar-refractivity contribution in [1.82, 2.24) is 15.3 Å². The molecule has 1 heterocycles. The van der Waals surface area contributed by atoms with Gasteiger partial charge >= 0.3 is 5.97 Å². The highest BCUT2D eigenvalue weighted by molar-refractivity contribution is 5.92. The molecule has 0 atom stereocenters. The van der Waals surface area contributed by atoms with Crippen molar-refractivity contribution in [3.8, 4) is 0 Å². The Morgan fingerprint density at radius 1 is 1.02 bits per heavy atom. The number of aromatic nitrogens is 2. The molecule has 6 nitrogen and oxygen atoms in total. The van der Waals surface area contributed by atoms with Crippen LogP contribution in [-0.2, 0) is 16.0 Å². The maximum Gasteiger partial charge on any atom is 0.303 e. The van der Waals surface area contributed by atoms with Gasteiger partial charge in [0.2, 0.25) is 5.91 Å². The molecular weight excluding hydrogens is 510 g/mol. The van der Waals surface area contributed by atoms with E-state index in [0.717, 1.165) is 36.2 Å². The first kappa shape index (κ1) is 33.4. The normalized spacial score (nSPS) is 14.8. The van der Waals surface area contributed by atoms with Crippen LogP contribution in [0.15, 0.2) is 65.3 Å². The lowest BCUT2D eigenvalue weighted by molar-refractivity contribution is -0.137. The maximum atomic E-state index is 12.8. The van der Waals surface area contributed by atoms with Gasteiger partial charge < -0.3 is 10.4 Å². The number of nitrogens with zero attached hydrogens (tertiary/aromatic N) is 2. The van der Waals surface area contributed by atoms with Gasteiger partial charge in [-0.05, 0) is 88.5 Å². The van der Waals surface area contributed by atoms with E-state index in [2.05, 4.69) is 38.2 Å². The number of amides is 1. The average Bonchev–Trinajstić information content (AvgIpc) is 2.94. The highest BCUT2D eigenvalue weighted by atomic mass is 16.4. The topological polar surface area (TPSA) is 92.2 Å². The molecule has 1 aliphatic rings. The number of unbranched alkanes of at least 4 members (excludes halogenated alkanes) is 1. The molecule has 0 aliphatic heterocycles. The summed E-state index contributed by atoms with van der Waals surface area (Å²) >= 11 is 0. The lowest BCUT2D eigenvalue weighted by atomic mass is 9.75. The van der Waals surface area contributed by atoms with E-state index in [-0.39, 0.29) is 17.7 Å². The molecule has 1 aromatic rings. The van der Waals surface area contributed by atoms with E-state index < -0.39 is 5.97 Å². The van der Waals surface area contributed by atoms with E-state index in [1.54, 1.807) is 6.08 Å². The van der Waals surface area contributed by atoms with Crippen LogP contribution < -0.4 is 5.32 Å². The molecule has 0 saturated heterocycles. The molecule has 1 aliphatic carbocycles. The smallest absolute Gasteiger partial charge is 0.303 e. The zero-order valence-corrected chi connectivity index (χ0v) is 25.7. The minimum absolute atomic E-state index is 0.107. The lowest BCUT2D eigenvalue weighted by Gasteiger charge is -2.31. The third kappa shape index (κ3) is 11.3. The summed E-state index contributed by atoms with van der Waals surface area (Å²) in [5.74, 6) is -0.987. The van der Waals surface area contributed by atoms with E-state index in [9.17, 15) is 9.59 Å². The molecule has 0 aromatic carbocycles. The van der Waals surface area contributed by atoms with Gasteiger partial charge in [-0.1, -0.05) is 74.4 Å². The van der Waals surface area contributed by atoms with Crippen LogP contribution >= 0.6 is 0 Å². The number of hydrogen-bond donors (Lipinski definition) is 2. The van der Waals surface area contributed by atoms with Gasteiger partial charge in [0.1, 0.15) is 0 Å². The van der Waals surface area contributed by atoms with Crippen molar-refractivity contribution < 1.29 is 14.7 Å². The molecule has 0 spiro atoms. The Labute approximate surface area is 246 Å². The van der Waals surface area contributed by atoms with Gasteiger partial charge in [0.15, 0.2) is 0 Å². The number of carbonyl (C=O) groups is 2. The Hall–Kier alpha value is -3.80. The summed E-state index contributed by atoms with van der Waals surface area (Å²) in [6.45, 7) is 13.2. The molecule has 0 bridgehead atoms. The first-order chi connectivity index (χ1) is 19.6. The third-order valence-corrected chi connectivity index (χ3v) is 7.29. The summed E-state index contributed by atoms with van der Waals surface area (Å²) in [4.78, 5) is 33.6. The summed E-state index contributed by atoms with van der Waals surface area (Å²) in [7, 11) is 0. The Bertz CT molecular complexity index is 1270.